The minimum Gasteiger partial charge on any atom is -0.296 e. The van der Waals surface area contributed by atoms with Gasteiger partial charge in [-0.1, -0.05) is 0 Å². The topological polar surface area (TPSA) is 59.1 Å². The molecule has 86 valence electrons. The number of aromatic nitrogens is 1. The fraction of sp³-hybridized carbons (Fsp3) is 0.250. The van der Waals surface area contributed by atoms with Crippen LogP contribution < -0.4 is 5.32 Å². The number of carbonyl (C=O) groups is 2. The molecule has 3 heterocycles. The monoisotopic (exact) mass is 246 g/mol. The third-order valence-electron chi connectivity index (χ3n) is 2.97. The molecule has 3 rings (SSSR count). The molecule has 1 aliphatic heterocycles. The molecule has 0 aliphatic carbocycles. The normalized spacial score (nSPS) is 20.6. The first-order valence-electron chi connectivity index (χ1n) is 5.41. The first-order chi connectivity index (χ1) is 8.24. The van der Waals surface area contributed by atoms with Gasteiger partial charge in [0.05, 0.1) is 5.92 Å². The maximum Gasteiger partial charge on any atom is 0.234 e. The quantitative estimate of drug-likeness (QED) is 0.781. The molecular weight excluding hydrogens is 236 g/mol. The number of nitrogens with zero attached hydrogens (tertiary/aromatic N) is 1. The zero-order chi connectivity index (χ0) is 11.8. The Morgan fingerprint density at radius 3 is 3.12 bits per heavy atom. The fourth-order valence-corrected chi connectivity index (χ4v) is 2.80. The molecule has 17 heavy (non-hydrogen) atoms. The highest BCUT2D eigenvalue weighted by atomic mass is 32.1. The molecule has 1 saturated heterocycles. The lowest BCUT2D eigenvalue weighted by atomic mass is 9.91. The van der Waals surface area contributed by atoms with Gasteiger partial charge < -0.3 is 0 Å². The average Bonchev–Trinajstić information content (AvgIpc) is 2.75. The van der Waals surface area contributed by atoms with E-state index >= 15 is 0 Å². The molecule has 2 aromatic rings. The maximum atomic E-state index is 11.7. The van der Waals surface area contributed by atoms with Crippen molar-refractivity contribution in [1.29, 1.82) is 0 Å². The van der Waals surface area contributed by atoms with E-state index in [9.17, 15) is 9.59 Å². The molecule has 0 radical (unpaired) electrons. The second-order valence-electron chi connectivity index (χ2n) is 4.09. The van der Waals surface area contributed by atoms with E-state index in [1.54, 1.807) is 17.5 Å². The smallest absolute Gasteiger partial charge is 0.234 e. The summed E-state index contributed by atoms with van der Waals surface area (Å²) in [7, 11) is 0. The molecule has 1 atom stereocenters. The molecule has 1 unspecified atom stereocenters. The molecule has 1 fully saturated rings. The van der Waals surface area contributed by atoms with Crippen LogP contribution in [0.25, 0.3) is 10.2 Å². The van der Waals surface area contributed by atoms with Gasteiger partial charge in [-0.2, -0.15) is 0 Å². The summed E-state index contributed by atoms with van der Waals surface area (Å²) in [5.41, 5.74) is 0.890. The Morgan fingerprint density at radius 2 is 2.29 bits per heavy atom. The van der Waals surface area contributed by atoms with Crippen molar-refractivity contribution in [3.8, 4) is 0 Å². The second kappa shape index (κ2) is 3.92. The van der Waals surface area contributed by atoms with Crippen LogP contribution in [0.4, 0.5) is 0 Å². The van der Waals surface area contributed by atoms with Crippen molar-refractivity contribution in [2.45, 2.75) is 18.8 Å². The summed E-state index contributed by atoms with van der Waals surface area (Å²) in [4.78, 5) is 28.1. The first-order valence-corrected chi connectivity index (χ1v) is 6.29. The number of hydrogen-bond acceptors (Lipinski definition) is 4. The summed E-state index contributed by atoms with van der Waals surface area (Å²) in [6, 6.07) is 3.97. The van der Waals surface area contributed by atoms with Gasteiger partial charge in [-0.05, 0) is 29.5 Å². The molecule has 1 aliphatic rings. The number of amides is 2. The van der Waals surface area contributed by atoms with E-state index in [0.29, 0.717) is 12.8 Å². The summed E-state index contributed by atoms with van der Waals surface area (Å²) in [6.07, 6.45) is 2.71. The Balaban J connectivity index is 1.97. The third-order valence-corrected chi connectivity index (χ3v) is 3.81. The van der Waals surface area contributed by atoms with Gasteiger partial charge in [0.1, 0.15) is 4.83 Å². The van der Waals surface area contributed by atoms with Gasteiger partial charge in [0.2, 0.25) is 11.8 Å². The number of fused-ring (bicyclic) bond motifs is 1. The Kier molecular flexibility index (Phi) is 2.40. The molecule has 0 spiro atoms. The van der Waals surface area contributed by atoms with Crippen LogP contribution in [0.3, 0.4) is 0 Å². The molecule has 4 nitrogen and oxygen atoms in total. The largest absolute Gasteiger partial charge is 0.296 e. The van der Waals surface area contributed by atoms with Crippen molar-refractivity contribution in [2.24, 2.45) is 0 Å². The Hall–Kier alpha value is -1.75. The number of hydrogen-bond donors (Lipinski definition) is 1. The van der Waals surface area contributed by atoms with Crippen molar-refractivity contribution in [3.63, 3.8) is 0 Å². The number of imide groups is 1. The zero-order valence-corrected chi connectivity index (χ0v) is 9.79. The van der Waals surface area contributed by atoms with Gasteiger partial charge in [0.25, 0.3) is 0 Å². The van der Waals surface area contributed by atoms with E-state index < -0.39 is 0 Å². The number of nitrogens with one attached hydrogen (secondary N) is 1. The van der Waals surface area contributed by atoms with E-state index in [4.69, 9.17) is 0 Å². The zero-order valence-electron chi connectivity index (χ0n) is 8.97. The van der Waals surface area contributed by atoms with Crippen LogP contribution in [-0.2, 0) is 9.59 Å². The van der Waals surface area contributed by atoms with Crippen LogP contribution in [-0.4, -0.2) is 16.8 Å². The number of thiophene rings is 1. The standard InChI is InChI=1S/C12H10N2O2S/c15-10-2-1-9(11(16)14-10)8-5-7-3-4-17-12(7)13-6-8/h3-6,9H,1-2H2,(H,14,15,16). The van der Waals surface area contributed by atoms with Gasteiger partial charge in [0.15, 0.2) is 0 Å². The van der Waals surface area contributed by atoms with E-state index in [0.717, 1.165) is 15.8 Å². The van der Waals surface area contributed by atoms with Crippen molar-refractivity contribution in [2.75, 3.05) is 0 Å². The van der Waals surface area contributed by atoms with E-state index in [1.165, 1.54) is 0 Å². The van der Waals surface area contributed by atoms with Gasteiger partial charge in [-0.3, -0.25) is 14.9 Å². The Labute approximate surface area is 102 Å². The molecule has 0 bridgehead atoms. The number of piperidine rings is 1. The number of carbonyl (C=O) groups excluding carboxylic acids is 2. The van der Waals surface area contributed by atoms with Crippen LogP contribution in [0.5, 0.6) is 0 Å². The average molecular weight is 246 g/mol. The Morgan fingerprint density at radius 1 is 1.41 bits per heavy atom. The summed E-state index contributed by atoms with van der Waals surface area (Å²) in [5.74, 6) is -0.641. The lowest BCUT2D eigenvalue weighted by molar-refractivity contribution is -0.134. The van der Waals surface area contributed by atoms with Crippen LogP contribution >= 0.6 is 11.3 Å². The van der Waals surface area contributed by atoms with Crippen LogP contribution in [0.15, 0.2) is 23.7 Å². The van der Waals surface area contributed by atoms with Gasteiger partial charge in [0, 0.05) is 18.0 Å². The minimum absolute atomic E-state index is 0.184. The highest BCUT2D eigenvalue weighted by Gasteiger charge is 2.28. The Bertz CT molecular complexity index is 605. The molecule has 0 aromatic carbocycles. The predicted octanol–water partition coefficient (Wildman–Crippen LogP) is 1.82. The summed E-state index contributed by atoms with van der Waals surface area (Å²) in [6.45, 7) is 0. The third kappa shape index (κ3) is 1.82. The van der Waals surface area contributed by atoms with E-state index in [-0.39, 0.29) is 17.7 Å². The number of pyridine rings is 1. The van der Waals surface area contributed by atoms with Gasteiger partial charge in [-0.15, -0.1) is 11.3 Å². The summed E-state index contributed by atoms with van der Waals surface area (Å²) < 4.78 is 0. The summed E-state index contributed by atoms with van der Waals surface area (Å²) in [5, 5.41) is 5.40. The van der Waals surface area contributed by atoms with E-state index in [1.807, 2.05) is 17.5 Å². The summed E-state index contributed by atoms with van der Waals surface area (Å²) >= 11 is 1.58. The van der Waals surface area contributed by atoms with Gasteiger partial charge in [-0.25, -0.2) is 4.98 Å². The lowest BCUT2D eigenvalue weighted by Crippen LogP contribution is -2.39. The minimum atomic E-state index is -0.246. The second-order valence-corrected chi connectivity index (χ2v) is 4.98. The van der Waals surface area contributed by atoms with Crippen molar-refractivity contribution < 1.29 is 9.59 Å². The van der Waals surface area contributed by atoms with Crippen molar-refractivity contribution in [3.05, 3.63) is 29.3 Å². The van der Waals surface area contributed by atoms with Crippen LogP contribution in [0.2, 0.25) is 0 Å². The molecule has 5 heteroatoms. The SMILES string of the molecule is O=C1CCC(c2cnc3sccc3c2)C(=O)N1. The molecular formula is C12H10N2O2S. The lowest BCUT2D eigenvalue weighted by Gasteiger charge is -2.20. The fourth-order valence-electron chi connectivity index (χ4n) is 2.08. The van der Waals surface area contributed by atoms with E-state index in [2.05, 4.69) is 10.3 Å². The highest BCUT2D eigenvalue weighted by molar-refractivity contribution is 7.16. The van der Waals surface area contributed by atoms with Crippen molar-refractivity contribution >= 4 is 33.4 Å². The molecule has 1 N–H and O–H groups in total. The van der Waals surface area contributed by atoms with Crippen molar-refractivity contribution in [1.82, 2.24) is 10.3 Å². The predicted molar refractivity (Wildman–Crippen MR) is 64.7 cm³/mol. The first kappa shape index (κ1) is 10.4. The van der Waals surface area contributed by atoms with Crippen LogP contribution in [0.1, 0.15) is 24.3 Å². The highest BCUT2D eigenvalue weighted by Crippen LogP contribution is 2.27. The molecule has 2 aromatic heterocycles. The number of rotatable bonds is 1. The van der Waals surface area contributed by atoms with Gasteiger partial charge >= 0.3 is 0 Å². The molecule has 2 amide bonds. The molecule has 0 saturated carbocycles. The maximum absolute atomic E-state index is 11.7. The van der Waals surface area contributed by atoms with Crippen LogP contribution in [0, 0.1) is 0 Å².